The van der Waals surface area contributed by atoms with Crippen molar-refractivity contribution in [1.82, 2.24) is 40.0 Å². The summed E-state index contributed by atoms with van der Waals surface area (Å²) in [6.07, 6.45) is 3.64. The molecule has 17 heteroatoms. The van der Waals surface area contributed by atoms with Crippen molar-refractivity contribution in [2.24, 2.45) is 17.3 Å². The summed E-state index contributed by atoms with van der Waals surface area (Å²) in [5.74, 6) is 2.80. The maximum absolute atomic E-state index is 14.8. The number of hydrazine groups is 1. The Bertz CT molecular complexity index is 2770. The van der Waals surface area contributed by atoms with Crippen LogP contribution in [0.15, 0.2) is 54.7 Å². The Hall–Kier alpha value is -6.32. The van der Waals surface area contributed by atoms with Crippen LogP contribution in [0.1, 0.15) is 77.6 Å². The lowest BCUT2D eigenvalue weighted by molar-refractivity contribution is -0.155. The molecule has 2 aromatic carbocycles. The number of carbonyl (C=O) groups excluding carboxylic acids is 5. The third kappa shape index (κ3) is 11.9. The van der Waals surface area contributed by atoms with Crippen LogP contribution in [0.4, 0.5) is 0 Å². The molecule has 390 valence electrons. The summed E-state index contributed by atoms with van der Waals surface area (Å²) < 4.78 is 19.5. The maximum Gasteiger partial charge on any atom is 0.324 e. The van der Waals surface area contributed by atoms with Gasteiger partial charge in [0.05, 0.1) is 49.8 Å². The summed E-state index contributed by atoms with van der Waals surface area (Å²) in [6, 6.07) is 12.3. The van der Waals surface area contributed by atoms with E-state index in [2.05, 4.69) is 71.0 Å². The van der Waals surface area contributed by atoms with Gasteiger partial charge in [0.1, 0.15) is 23.9 Å². The first-order valence-corrected chi connectivity index (χ1v) is 25.8. The Balaban J connectivity index is 1.10. The number of amides is 4. The predicted molar refractivity (Wildman–Crippen MR) is 276 cm³/mol. The van der Waals surface area contributed by atoms with Crippen molar-refractivity contribution in [1.29, 1.82) is 0 Å². The molecule has 6 heterocycles. The second-order valence-electron chi connectivity index (χ2n) is 21.1. The van der Waals surface area contributed by atoms with Crippen LogP contribution in [0.5, 0.6) is 5.75 Å². The van der Waals surface area contributed by atoms with Gasteiger partial charge in [0.25, 0.3) is 11.8 Å². The number of hydrogen-bond acceptors (Lipinski definition) is 12. The van der Waals surface area contributed by atoms with E-state index >= 15 is 0 Å². The molecule has 4 amide bonds. The van der Waals surface area contributed by atoms with Gasteiger partial charge >= 0.3 is 5.97 Å². The molecule has 5 atom stereocenters. The Labute approximate surface area is 428 Å². The fourth-order valence-electron chi connectivity index (χ4n) is 11.0. The highest BCUT2D eigenvalue weighted by molar-refractivity contribution is 5.97. The second kappa shape index (κ2) is 22.8. The van der Waals surface area contributed by atoms with E-state index in [1.165, 1.54) is 9.91 Å². The minimum atomic E-state index is -1.18. The molecule has 0 spiro atoms. The predicted octanol–water partition coefficient (Wildman–Crippen LogP) is 4.95. The van der Waals surface area contributed by atoms with Gasteiger partial charge in [-0.15, -0.1) is 0 Å². The Kier molecular flexibility index (Phi) is 16.6. The average molecular weight is 1000 g/mol. The Morgan fingerprint density at radius 1 is 1.03 bits per heavy atom. The lowest BCUT2D eigenvalue weighted by Gasteiger charge is -2.37. The molecule has 73 heavy (non-hydrogen) atoms. The van der Waals surface area contributed by atoms with Gasteiger partial charge in [-0.1, -0.05) is 45.7 Å². The number of likely N-dealkylation sites (tertiary alicyclic amines) is 1. The Morgan fingerprint density at radius 2 is 1.81 bits per heavy atom. The molecular formula is C56H72N8O9. The van der Waals surface area contributed by atoms with Crippen LogP contribution < -0.4 is 10.7 Å². The number of nitrogens with one attached hydrogen (secondary N) is 2. The number of aryl methyl sites for hydroxylation is 1. The SMILES string of the molecule is CCn1c(-c2cccnc2COC)c2c3cc(ccc31)-c1cc(O)cc(c1)C[C@H](NC(=O)[C@@H](C(C)C)N(C)C(=O)[C@H]1CCN(C(=O)C#CC(C)N3CCOCC3)C1)C(=O)N1CCC[C@H](N1)C(=O)OCC(C)(C)C2. The number of carbonyl (C=O) groups is 5. The first-order chi connectivity index (χ1) is 35.0. The smallest absolute Gasteiger partial charge is 0.324 e. The number of nitrogens with zero attached hydrogens (tertiary/aromatic N) is 6. The van der Waals surface area contributed by atoms with E-state index in [4.69, 9.17) is 19.2 Å². The molecule has 4 aliphatic rings. The molecule has 2 aromatic heterocycles. The number of methoxy groups -OCH3 is 1. The normalized spacial score (nSPS) is 21.5. The number of phenolic OH excluding ortho intramolecular Hbond substituents is 1. The maximum atomic E-state index is 14.8. The van der Waals surface area contributed by atoms with Crippen LogP contribution in [0.3, 0.4) is 0 Å². The number of morpholine rings is 1. The summed E-state index contributed by atoms with van der Waals surface area (Å²) >= 11 is 0. The second-order valence-corrected chi connectivity index (χ2v) is 21.1. The number of benzene rings is 2. The number of rotatable bonds is 10. The van der Waals surface area contributed by atoms with Crippen LogP contribution >= 0.6 is 0 Å². The van der Waals surface area contributed by atoms with E-state index in [1.54, 1.807) is 37.4 Å². The van der Waals surface area contributed by atoms with Crippen LogP contribution in [-0.4, -0.2) is 155 Å². The molecular weight excluding hydrogens is 929 g/mol. The number of pyridine rings is 1. The number of hydrogen-bond donors (Lipinski definition) is 3. The molecule has 3 N–H and O–H groups in total. The molecule has 3 fully saturated rings. The van der Waals surface area contributed by atoms with Gasteiger partial charge in [-0.25, -0.2) is 5.43 Å². The number of esters is 1. The summed E-state index contributed by atoms with van der Waals surface area (Å²) in [7, 11) is 3.24. The molecule has 8 rings (SSSR count). The van der Waals surface area contributed by atoms with Gasteiger partial charge in [0.15, 0.2) is 0 Å². The average Bonchev–Trinajstić information content (AvgIpc) is 3.99. The van der Waals surface area contributed by atoms with E-state index in [9.17, 15) is 29.1 Å². The first-order valence-electron chi connectivity index (χ1n) is 25.8. The lowest BCUT2D eigenvalue weighted by Crippen LogP contribution is -2.62. The summed E-state index contributed by atoms with van der Waals surface area (Å²) in [5.41, 5.74) is 9.52. The zero-order valence-corrected chi connectivity index (χ0v) is 43.7. The van der Waals surface area contributed by atoms with Crippen LogP contribution in [0, 0.1) is 29.1 Å². The highest BCUT2D eigenvalue weighted by atomic mass is 16.5. The third-order valence-electron chi connectivity index (χ3n) is 14.7. The molecule has 1 unspecified atom stereocenters. The zero-order valence-electron chi connectivity index (χ0n) is 43.7. The van der Waals surface area contributed by atoms with Gasteiger partial charge in [0, 0.05) is 87.9 Å². The summed E-state index contributed by atoms with van der Waals surface area (Å²) in [4.78, 5) is 80.9. The van der Waals surface area contributed by atoms with E-state index in [1.807, 2.05) is 39.0 Å². The number of fused-ring (bicyclic) bond motifs is 6. The van der Waals surface area contributed by atoms with E-state index in [-0.39, 0.29) is 55.6 Å². The highest BCUT2D eigenvalue weighted by Gasteiger charge is 2.40. The minimum Gasteiger partial charge on any atom is -0.508 e. The summed E-state index contributed by atoms with van der Waals surface area (Å²) in [5, 5.41) is 16.8. The van der Waals surface area contributed by atoms with Crippen molar-refractivity contribution in [3.8, 4) is 40.0 Å². The van der Waals surface area contributed by atoms with E-state index < -0.39 is 47.2 Å². The van der Waals surface area contributed by atoms with Crippen molar-refractivity contribution in [2.45, 2.75) is 111 Å². The van der Waals surface area contributed by atoms with Crippen molar-refractivity contribution in [3.05, 3.63) is 71.5 Å². The van der Waals surface area contributed by atoms with Gasteiger partial charge in [-0.05, 0) is 110 Å². The largest absolute Gasteiger partial charge is 0.508 e. The van der Waals surface area contributed by atoms with Gasteiger partial charge < -0.3 is 39.0 Å². The minimum absolute atomic E-state index is 0.0155. The molecule has 0 radical (unpaired) electrons. The van der Waals surface area contributed by atoms with E-state index in [0.717, 1.165) is 52.1 Å². The van der Waals surface area contributed by atoms with E-state index in [0.29, 0.717) is 69.7 Å². The quantitative estimate of drug-likeness (QED) is 0.144. The fourth-order valence-corrected chi connectivity index (χ4v) is 11.0. The van der Waals surface area contributed by atoms with Crippen molar-refractivity contribution >= 4 is 40.5 Å². The van der Waals surface area contributed by atoms with Crippen LogP contribution in [0.25, 0.3) is 33.3 Å². The van der Waals surface area contributed by atoms with Gasteiger partial charge in [-0.2, -0.15) is 0 Å². The zero-order chi connectivity index (χ0) is 52.1. The van der Waals surface area contributed by atoms with Gasteiger partial charge in [-0.3, -0.25) is 38.9 Å². The monoisotopic (exact) mass is 1000 g/mol. The number of phenols is 1. The summed E-state index contributed by atoms with van der Waals surface area (Å²) in [6.45, 7) is 16.5. The van der Waals surface area contributed by atoms with Gasteiger partial charge in [0.2, 0.25) is 11.8 Å². The molecule has 0 saturated carbocycles. The number of ether oxygens (including phenoxy) is 3. The molecule has 4 aromatic rings. The number of cyclic esters (lactones) is 1. The Morgan fingerprint density at radius 3 is 2.55 bits per heavy atom. The molecule has 17 nitrogen and oxygen atoms in total. The molecule has 4 aliphatic heterocycles. The third-order valence-corrected chi connectivity index (χ3v) is 14.7. The standard InChI is InChI=1S/C56H72N8O9/c1-9-63-48-16-15-38-30-43(48)44(51(63)42-12-10-19-57-47(42)33-71-8)31-56(5,6)34-73-55(70)45-13-11-20-64(59-45)54(69)46(28-37-26-40(38)29-41(65)27-37)58-52(67)50(35(2)3)60(7)53(68)39-18-21-62(32-39)49(66)17-14-36(4)61-22-24-72-25-23-61/h10,12,15-16,19,26-27,29-30,35-36,39,45-46,50,59,65H,9,11,13,18,20-25,28,31-34H2,1-8H3,(H,58,67)/t36?,39-,45-,46-,50+/m0/s1. The number of aromatic nitrogens is 2. The highest BCUT2D eigenvalue weighted by Crippen LogP contribution is 2.41. The molecule has 3 saturated heterocycles. The lowest BCUT2D eigenvalue weighted by atomic mass is 9.84. The van der Waals surface area contributed by atoms with Crippen molar-refractivity contribution in [3.63, 3.8) is 0 Å². The first kappa shape index (κ1) is 53.0. The topological polar surface area (TPSA) is 188 Å². The van der Waals surface area contributed by atoms with Crippen LogP contribution in [0.2, 0.25) is 0 Å². The fraction of sp³-hybridized carbons (Fsp3) is 0.536. The van der Waals surface area contributed by atoms with Crippen molar-refractivity contribution < 1.29 is 43.3 Å². The molecule has 0 aliphatic carbocycles. The molecule has 6 bridgehead atoms. The van der Waals surface area contributed by atoms with Crippen molar-refractivity contribution in [2.75, 3.05) is 66.7 Å². The number of aromatic hydroxyl groups is 1. The van der Waals surface area contributed by atoms with Crippen LogP contribution in [-0.2, 0) is 64.2 Å². The number of likely N-dealkylation sites (N-methyl/N-ethyl adjacent to an activating group) is 1.